The molecule has 0 aromatic heterocycles. The van der Waals surface area contributed by atoms with Crippen LogP contribution < -0.4 is 5.43 Å². The molecule has 1 rings (SSSR count). The molecular formula is C7H15N2. The molecule has 0 aliphatic carbocycles. The third kappa shape index (κ3) is 1.66. The van der Waals surface area contributed by atoms with E-state index in [9.17, 15) is 0 Å². The Hall–Kier alpha value is -0.0800. The summed E-state index contributed by atoms with van der Waals surface area (Å²) in [5, 5.41) is 2.17. The normalized spacial score (nSPS) is 23.0. The summed E-state index contributed by atoms with van der Waals surface area (Å²) in [6, 6.07) is 0. The SMILES string of the molecule is CC(C)(C)N1CCC[N]1. The van der Waals surface area contributed by atoms with Crippen molar-refractivity contribution < 1.29 is 0 Å². The molecule has 0 unspecified atom stereocenters. The smallest absolute Gasteiger partial charge is 0.0319 e. The average Bonchev–Trinajstić information content (AvgIpc) is 2.08. The fourth-order valence-electron chi connectivity index (χ4n) is 1.03. The summed E-state index contributed by atoms with van der Waals surface area (Å²) < 4.78 is 0. The Morgan fingerprint density at radius 3 is 2.22 bits per heavy atom. The highest BCUT2D eigenvalue weighted by Crippen LogP contribution is 2.14. The van der Waals surface area contributed by atoms with E-state index in [0.29, 0.717) is 0 Å². The Kier molecular flexibility index (Phi) is 1.78. The minimum atomic E-state index is 0.247. The maximum atomic E-state index is 4.34. The van der Waals surface area contributed by atoms with Gasteiger partial charge in [-0.2, -0.15) is 5.43 Å². The van der Waals surface area contributed by atoms with Crippen molar-refractivity contribution in [3.05, 3.63) is 0 Å². The van der Waals surface area contributed by atoms with Crippen LogP contribution in [0.2, 0.25) is 0 Å². The van der Waals surface area contributed by atoms with Crippen LogP contribution in [0.3, 0.4) is 0 Å². The molecule has 1 saturated heterocycles. The van der Waals surface area contributed by atoms with Crippen molar-refractivity contribution in [3.63, 3.8) is 0 Å². The first-order valence-corrected chi connectivity index (χ1v) is 3.56. The second-order valence-electron chi connectivity index (χ2n) is 3.51. The fraction of sp³-hybridized carbons (Fsp3) is 1.00. The van der Waals surface area contributed by atoms with Crippen LogP contribution in [-0.2, 0) is 0 Å². The summed E-state index contributed by atoms with van der Waals surface area (Å²) in [7, 11) is 0. The fourth-order valence-corrected chi connectivity index (χ4v) is 1.03. The van der Waals surface area contributed by atoms with Crippen molar-refractivity contribution >= 4 is 0 Å². The lowest BCUT2D eigenvalue weighted by Crippen LogP contribution is -2.42. The highest BCUT2D eigenvalue weighted by atomic mass is 15.5. The summed E-state index contributed by atoms with van der Waals surface area (Å²) in [4.78, 5) is 0. The first-order valence-electron chi connectivity index (χ1n) is 3.56. The van der Waals surface area contributed by atoms with E-state index in [1.54, 1.807) is 0 Å². The van der Waals surface area contributed by atoms with Gasteiger partial charge < -0.3 is 0 Å². The third-order valence-corrected chi connectivity index (χ3v) is 1.57. The van der Waals surface area contributed by atoms with Crippen LogP contribution in [0.5, 0.6) is 0 Å². The van der Waals surface area contributed by atoms with Crippen molar-refractivity contribution in [3.8, 4) is 0 Å². The zero-order chi connectivity index (χ0) is 6.91. The predicted octanol–water partition coefficient (Wildman–Crippen LogP) is 1.01. The van der Waals surface area contributed by atoms with Gasteiger partial charge in [-0.15, -0.1) is 0 Å². The number of nitrogens with zero attached hydrogens (tertiary/aromatic N) is 2. The van der Waals surface area contributed by atoms with Gasteiger partial charge in [-0.1, -0.05) is 0 Å². The van der Waals surface area contributed by atoms with Gasteiger partial charge >= 0.3 is 0 Å². The molecule has 1 aliphatic heterocycles. The predicted molar refractivity (Wildman–Crippen MR) is 38.1 cm³/mol. The molecule has 0 aromatic rings. The largest absolute Gasteiger partial charge is 0.221 e. The summed E-state index contributed by atoms with van der Waals surface area (Å²) in [6.45, 7) is 8.76. The van der Waals surface area contributed by atoms with E-state index in [1.807, 2.05) is 0 Å². The molecule has 2 heteroatoms. The minimum Gasteiger partial charge on any atom is -0.221 e. The summed E-state index contributed by atoms with van der Waals surface area (Å²) in [5.41, 5.74) is 4.59. The van der Waals surface area contributed by atoms with Gasteiger partial charge in [0.25, 0.3) is 0 Å². The van der Waals surface area contributed by atoms with Crippen molar-refractivity contribution in [2.75, 3.05) is 13.1 Å². The van der Waals surface area contributed by atoms with Crippen molar-refractivity contribution in [1.82, 2.24) is 10.4 Å². The number of hydrogen-bond donors (Lipinski definition) is 0. The molecule has 0 atom stereocenters. The Balaban J connectivity index is 2.42. The molecule has 0 spiro atoms. The van der Waals surface area contributed by atoms with Crippen LogP contribution in [0.1, 0.15) is 27.2 Å². The van der Waals surface area contributed by atoms with Crippen molar-refractivity contribution in [2.45, 2.75) is 32.7 Å². The Bertz CT molecular complexity index is 87.6. The third-order valence-electron chi connectivity index (χ3n) is 1.57. The quantitative estimate of drug-likeness (QED) is 0.474. The Morgan fingerprint density at radius 2 is 2.00 bits per heavy atom. The van der Waals surface area contributed by atoms with E-state index < -0.39 is 0 Å². The second kappa shape index (κ2) is 2.27. The molecule has 2 nitrogen and oxygen atoms in total. The molecule has 1 heterocycles. The van der Waals surface area contributed by atoms with Gasteiger partial charge in [-0.25, -0.2) is 5.01 Å². The van der Waals surface area contributed by atoms with Gasteiger partial charge in [-0.05, 0) is 27.2 Å². The highest BCUT2D eigenvalue weighted by Gasteiger charge is 2.24. The molecule has 1 aliphatic rings. The molecule has 0 saturated carbocycles. The standard InChI is InChI=1S/C7H15N2/c1-7(2,3)9-6-4-5-8-9/h4-6H2,1-3H3. The molecule has 53 valence electrons. The first kappa shape index (κ1) is 7.03. The number of hydrogen-bond acceptors (Lipinski definition) is 1. The molecule has 0 amide bonds. The van der Waals surface area contributed by atoms with Crippen LogP contribution in [0, 0.1) is 0 Å². The highest BCUT2D eigenvalue weighted by molar-refractivity contribution is 4.76. The molecular weight excluding hydrogens is 112 g/mol. The molecule has 9 heavy (non-hydrogen) atoms. The van der Waals surface area contributed by atoms with Gasteiger partial charge in [0.1, 0.15) is 0 Å². The van der Waals surface area contributed by atoms with Gasteiger partial charge in [-0.3, -0.25) is 0 Å². The van der Waals surface area contributed by atoms with Crippen molar-refractivity contribution in [2.24, 2.45) is 0 Å². The second-order valence-corrected chi connectivity index (χ2v) is 3.51. The Morgan fingerprint density at radius 1 is 1.33 bits per heavy atom. The monoisotopic (exact) mass is 127 g/mol. The molecule has 1 fully saturated rings. The van der Waals surface area contributed by atoms with Gasteiger partial charge in [0.15, 0.2) is 0 Å². The minimum absolute atomic E-state index is 0.247. The van der Waals surface area contributed by atoms with E-state index in [4.69, 9.17) is 0 Å². The van der Waals surface area contributed by atoms with Crippen LogP contribution in [0.15, 0.2) is 0 Å². The molecule has 1 radical (unpaired) electrons. The Labute approximate surface area is 57.2 Å². The van der Waals surface area contributed by atoms with E-state index in [0.717, 1.165) is 13.1 Å². The molecule has 0 aromatic carbocycles. The van der Waals surface area contributed by atoms with Gasteiger partial charge in [0, 0.05) is 18.6 Å². The molecule has 0 N–H and O–H groups in total. The summed E-state index contributed by atoms with van der Waals surface area (Å²) in [5.74, 6) is 0. The lowest BCUT2D eigenvalue weighted by Gasteiger charge is -2.29. The maximum Gasteiger partial charge on any atom is 0.0319 e. The topological polar surface area (TPSA) is 17.3 Å². The summed E-state index contributed by atoms with van der Waals surface area (Å²) in [6.07, 6.45) is 1.23. The lowest BCUT2D eigenvalue weighted by atomic mass is 10.1. The van der Waals surface area contributed by atoms with E-state index >= 15 is 0 Å². The van der Waals surface area contributed by atoms with Crippen molar-refractivity contribution in [1.29, 1.82) is 0 Å². The van der Waals surface area contributed by atoms with Crippen LogP contribution in [0.4, 0.5) is 0 Å². The average molecular weight is 127 g/mol. The van der Waals surface area contributed by atoms with Crippen LogP contribution in [0.25, 0.3) is 0 Å². The van der Waals surface area contributed by atoms with E-state index in [2.05, 4.69) is 31.2 Å². The van der Waals surface area contributed by atoms with Crippen LogP contribution in [-0.4, -0.2) is 23.6 Å². The van der Waals surface area contributed by atoms with E-state index in [1.165, 1.54) is 6.42 Å². The maximum absolute atomic E-state index is 4.34. The number of rotatable bonds is 0. The molecule has 0 bridgehead atoms. The summed E-state index contributed by atoms with van der Waals surface area (Å²) >= 11 is 0. The zero-order valence-corrected chi connectivity index (χ0v) is 6.52. The lowest BCUT2D eigenvalue weighted by molar-refractivity contribution is 0.110. The zero-order valence-electron chi connectivity index (χ0n) is 6.52. The first-order chi connectivity index (χ1) is 4.11. The van der Waals surface area contributed by atoms with Gasteiger partial charge in [0.2, 0.25) is 0 Å². The van der Waals surface area contributed by atoms with E-state index in [-0.39, 0.29) is 5.54 Å². The van der Waals surface area contributed by atoms with Crippen LogP contribution >= 0.6 is 0 Å². The van der Waals surface area contributed by atoms with Gasteiger partial charge in [0.05, 0.1) is 0 Å².